The molecule has 0 rings (SSSR count). The van der Waals surface area contributed by atoms with E-state index in [9.17, 15) is 0 Å². The molecule has 0 aliphatic rings. The smallest absolute Gasteiger partial charge is 0 e. The van der Waals surface area contributed by atoms with Crippen molar-refractivity contribution in [3.63, 3.8) is 0 Å². The summed E-state index contributed by atoms with van der Waals surface area (Å²) in [6.45, 7) is 0. The molecule has 0 aliphatic carbocycles. The van der Waals surface area contributed by atoms with Crippen molar-refractivity contribution in [2.24, 2.45) is 0 Å². The van der Waals surface area contributed by atoms with Gasteiger partial charge in [-0.05, 0) is 0 Å². The van der Waals surface area contributed by atoms with Gasteiger partial charge in [0.25, 0.3) is 0 Å². The molecule has 0 aromatic carbocycles. The standard InChI is InChI=1S/Al.Co.Ni.4H2O.Ti.Zn.3H/h;;;4*1H2;;;;;/q;;;;;;;+4;;;;/p-4. The fraction of sp³-hybridized carbons (Fsp3) is 0. The second-order valence-electron chi connectivity index (χ2n) is 0.600. The van der Waals surface area contributed by atoms with Gasteiger partial charge in [-0.25, -0.2) is 0 Å². The Morgan fingerprint density at radius 3 is 0.889 bits per heavy atom. The van der Waals surface area contributed by atoms with Crippen molar-refractivity contribution in [1.82, 2.24) is 0 Å². The first kappa shape index (κ1) is 29.8. The first-order chi connectivity index (χ1) is 2.00. The van der Waals surface area contributed by atoms with Crippen LogP contribution < -0.4 is 0 Å². The normalized spacial score (nSPS) is 6.67. The van der Waals surface area contributed by atoms with Crippen LogP contribution in [-0.2, 0) is 70.9 Å². The van der Waals surface area contributed by atoms with Crippen LogP contribution in [0.1, 0.15) is 0 Å². The quantitative estimate of drug-likeness (QED) is 0.349. The maximum absolute atomic E-state index is 7.38. The zero-order valence-corrected chi connectivity index (χ0v) is 10.2. The average molecular weight is 329 g/mol. The van der Waals surface area contributed by atoms with Gasteiger partial charge in [-0.3, -0.25) is 0 Å². The molecule has 0 saturated heterocycles. The third-order valence-electron chi connectivity index (χ3n) is 0. The van der Waals surface area contributed by atoms with Crippen LogP contribution in [0, 0.1) is 0 Å². The Morgan fingerprint density at radius 1 is 0.889 bits per heavy atom. The van der Waals surface area contributed by atoms with E-state index in [1.54, 1.807) is 0 Å². The first-order valence-electron chi connectivity index (χ1n) is 0.894. The van der Waals surface area contributed by atoms with Crippen LogP contribution in [0.15, 0.2) is 0 Å². The van der Waals surface area contributed by atoms with Gasteiger partial charge in [-0.15, -0.1) is 0 Å². The largest absolute Gasteiger partial charge is 0 e. The number of hydrogen-bond donors (Lipinski definition) is 4. The molecule has 1 radical (unpaired) electrons. The topological polar surface area (TPSA) is 80.9 Å². The molecule has 0 aromatic rings. The molecular weight excluding hydrogens is 322 g/mol. The van der Waals surface area contributed by atoms with Gasteiger partial charge in [-0.1, -0.05) is 0 Å². The molecule has 0 fully saturated rings. The molecule has 0 aromatic heterocycles. The zero-order valence-electron chi connectivity index (χ0n) is 3.65. The minimum atomic E-state index is -5.00. The van der Waals surface area contributed by atoms with Crippen molar-refractivity contribution in [3.8, 4) is 0 Å². The minimum Gasteiger partial charge on any atom is 0 e. The van der Waals surface area contributed by atoms with Gasteiger partial charge in [-0.2, -0.15) is 0 Å². The molecule has 4 N–H and O–H groups in total. The summed E-state index contributed by atoms with van der Waals surface area (Å²) in [6, 6.07) is 0. The van der Waals surface area contributed by atoms with E-state index in [0.29, 0.717) is 0 Å². The molecule has 59 valence electrons. The average Bonchev–Trinajstić information content (AvgIpc) is 0.722. The number of hydrogen-bond acceptors (Lipinski definition) is 4. The fourth-order valence-corrected chi connectivity index (χ4v) is 0. The molecule has 4 nitrogen and oxygen atoms in total. The van der Waals surface area contributed by atoms with E-state index in [-0.39, 0.29) is 70.1 Å². The summed E-state index contributed by atoms with van der Waals surface area (Å²) in [7, 11) is 0. The third-order valence-corrected chi connectivity index (χ3v) is 0. The van der Waals surface area contributed by atoms with Gasteiger partial charge >= 0.3 is 32.9 Å². The van der Waals surface area contributed by atoms with Crippen molar-refractivity contribution in [3.05, 3.63) is 0 Å². The summed E-state index contributed by atoms with van der Waals surface area (Å²) >= 11 is -5.00. The fourth-order valence-electron chi connectivity index (χ4n) is 0. The van der Waals surface area contributed by atoms with Crippen molar-refractivity contribution in [1.29, 1.82) is 0 Å². The van der Waals surface area contributed by atoms with E-state index in [1.807, 2.05) is 0 Å². The van der Waals surface area contributed by atoms with E-state index in [4.69, 9.17) is 14.8 Å². The summed E-state index contributed by atoms with van der Waals surface area (Å²) < 4.78 is 29.5. The van der Waals surface area contributed by atoms with Crippen LogP contribution in [0.2, 0.25) is 0 Å². The van der Waals surface area contributed by atoms with Gasteiger partial charge in [0.05, 0.1) is 0 Å². The Bertz CT molecular complexity index is 36.0. The second-order valence-corrected chi connectivity index (χ2v) is 2.47. The van der Waals surface area contributed by atoms with E-state index in [0.717, 1.165) is 0 Å². The van der Waals surface area contributed by atoms with Crippen LogP contribution in [0.5, 0.6) is 0 Å². The zero-order chi connectivity index (χ0) is 4.50. The van der Waals surface area contributed by atoms with Gasteiger partial charge < -0.3 is 0 Å². The first-order valence-corrected chi connectivity index (χ1v) is 3.69. The van der Waals surface area contributed by atoms with Gasteiger partial charge in [0.15, 0.2) is 17.4 Å². The molecule has 0 unspecified atom stereocenters. The predicted octanol–water partition coefficient (Wildman–Crippen LogP) is -3.42. The summed E-state index contributed by atoms with van der Waals surface area (Å²) in [5.74, 6) is 0. The molecule has 9 heavy (non-hydrogen) atoms. The van der Waals surface area contributed by atoms with E-state index in [1.165, 1.54) is 0 Å². The van der Waals surface area contributed by atoms with E-state index >= 15 is 0 Å². The Balaban J connectivity index is -0.0000000133. The van der Waals surface area contributed by atoms with E-state index < -0.39 is 18.1 Å². The van der Waals surface area contributed by atoms with Crippen LogP contribution in [0.3, 0.4) is 0 Å². The Hall–Kier alpha value is 2.71. The third kappa shape index (κ3) is 111. The summed E-state index contributed by atoms with van der Waals surface area (Å²) in [6.07, 6.45) is 0. The summed E-state index contributed by atoms with van der Waals surface area (Å²) in [5.41, 5.74) is 0. The molecule has 0 atom stereocenters. The summed E-state index contributed by atoms with van der Waals surface area (Å²) in [4.78, 5) is 0. The van der Waals surface area contributed by atoms with Gasteiger partial charge in [0, 0.05) is 52.7 Å². The van der Waals surface area contributed by atoms with Crippen LogP contribution in [-0.4, -0.2) is 32.1 Å². The molecular formula is H7AlCoNiO4TiZn. The monoisotopic (exact) mass is 327 g/mol. The minimum absolute atomic E-state index is 0. The predicted molar refractivity (Wildman–Crippen MR) is 18.8 cm³/mol. The Morgan fingerprint density at radius 2 is 0.889 bits per heavy atom. The van der Waals surface area contributed by atoms with Crippen molar-refractivity contribution in [2.45, 2.75) is 0 Å². The molecule has 9 heteroatoms. The Kier molecular flexibility index (Phi) is 44.1. The van der Waals surface area contributed by atoms with Crippen molar-refractivity contribution >= 4 is 17.4 Å². The molecule has 0 heterocycles. The second kappa shape index (κ2) is 13.3. The number of rotatable bonds is 0. The maximum atomic E-state index is 7.38. The van der Waals surface area contributed by atoms with Crippen LogP contribution in [0.4, 0.5) is 0 Å². The van der Waals surface area contributed by atoms with Crippen LogP contribution in [0.25, 0.3) is 0 Å². The molecule has 0 aliphatic heterocycles. The van der Waals surface area contributed by atoms with Gasteiger partial charge in [0.2, 0.25) is 0 Å². The molecule has 0 spiro atoms. The van der Waals surface area contributed by atoms with Crippen molar-refractivity contribution < 1.29 is 85.6 Å². The molecule has 0 bridgehead atoms. The Labute approximate surface area is 102 Å². The van der Waals surface area contributed by atoms with Crippen molar-refractivity contribution in [2.75, 3.05) is 0 Å². The van der Waals surface area contributed by atoms with Crippen LogP contribution >= 0.6 is 0 Å². The van der Waals surface area contributed by atoms with Gasteiger partial charge in [0.1, 0.15) is 0 Å². The molecule has 0 saturated carbocycles. The summed E-state index contributed by atoms with van der Waals surface area (Å²) in [5, 5.41) is 0. The maximum Gasteiger partial charge on any atom is 0 e. The van der Waals surface area contributed by atoms with E-state index in [2.05, 4.69) is 0 Å². The SMILES string of the molecule is [AlH3].[Co].[Ni].[OH][Ti]([OH])([OH])[OH].[Zn]. The molecule has 0 amide bonds.